The van der Waals surface area contributed by atoms with E-state index in [1.165, 1.54) is 0 Å². The highest BCUT2D eigenvalue weighted by molar-refractivity contribution is 6.33. The molecule has 1 saturated heterocycles. The summed E-state index contributed by atoms with van der Waals surface area (Å²) in [6, 6.07) is 0. The summed E-state index contributed by atoms with van der Waals surface area (Å²) in [5.41, 5.74) is 4.00. The molecule has 0 bridgehead atoms. The molecular weight excluding hydrogens is 414 g/mol. The Morgan fingerprint density at radius 1 is 1.43 bits per heavy atom. The lowest BCUT2D eigenvalue weighted by atomic mass is 10.1. The van der Waals surface area contributed by atoms with E-state index in [4.69, 9.17) is 28.5 Å². The predicted octanol–water partition coefficient (Wildman–Crippen LogP) is -0.0186. The number of hydrogen-bond donors (Lipinski definition) is 3. The Labute approximate surface area is 158 Å². The molecule has 1 unspecified atom stereocenters. The van der Waals surface area contributed by atoms with E-state index in [0.29, 0.717) is 4.57 Å². The van der Waals surface area contributed by atoms with Crippen LogP contribution in [-0.2, 0) is 11.3 Å². The quantitative estimate of drug-likeness (QED) is 0.358. The maximum atomic E-state index is 14.3. The summed E-state index contributed by atoms with van der Waals surface area (Å²) < 4.78 is 58.8. The van der Waals surface area contributed by atoms with Crippen molar-refractivity contribution < 1.29 is 32.5 Å². The molecule has 3 rings (SSSR count). The monoisotopic (exact) mass is 425 g/mol. The molecule has 0 saturated carbocycles. The van der Waals surface area contributed by atoms with Gasteiger partial charge in [-0.05, 0) is 0 Å². The molecule has 2 aromatic heterocycles. The van der Waals surface area contributed by atoms with E-state index in [9.17, 15) is 32.6 Å². The van der Waals surface area contributed by atoms with Crippen LogP contribution in [0.2, 0.25) is 5.15 Å². The van der Waals surface area contributed by atoms with Crippen molar-refractivity contribution >= 4 is 28.7 Å². The molecule has 28 heavy (non-hydrogen) atoms. The first-order chi connectivity index (χ1) is 13.0. The van der Waals surface area contributed by atoms with E-state index >= 15 is 0 Å². The Hall–Kier alpha value is -2.40. The fourth-order valence-corrected chi connectivity index (χ4v) is 3.21. The number of alkyl halides is 4. The van der Waals surface area contributed by atoms with Crippen LogP contribution in [0.25, 0.3) is 11.2 Å². The second kappa shape index (κ2) is 6.89. The number of nitrogens with zero attached hydrogens (tertiary/aromatic N) is 4. The second-order valence-corrected chi connectivity index (χ2v) is 6.26. The number of terminal acetylenes is 1. The molecule has 1 fully saturated rings. The number of nitrogen functional groups attached to an aromatic ring is 1. The first-order valence-corrected chi connectivity index (χ1v) is 7.96. The number of aromatic nitrogens is 4. The van der Waals surface area contributed by atoms with Crippen LogP contribution >= 0.6 is 11.6 Å². The number of anilines is 1. The third-order valence-corrected chi connectivity index (χ3v) is 4.42. The second-order valence-electron chi connectivity index (χ2n) is 5.90. The van der Waals surface area contributed by atoms with Crippen LogP contribution in [0.5, 0.6) is 0 Å². The van der Waals surface area contributed by atoms with Gasteiger partial charge in [-0.15, -0.1) is 6.42 Å². The molecule has 9 nitrogen and oxygen atoms in total. The van der Waals surface area contributed by atoms with Crippen molar-refractivity contribution in [3.05, 3.63) is 15.6 Å². The molecule has 0 amide bonds. The fraction of sp³-hybridized carbons (Fsp3) is 0.500. The van der Waals surface area contributed by atoms with Gasteiger partial charge in [-0.2, -0.15) is 23.1 Å². The Balaban J connectivity index is 2.18. The van der Waals surface area contributed by atoms with Crippen LogP contribution < -0.4 is 11.4 Å². The highest BCUT2D eigenvalue weighted by Gasteiger charge is 2.56. The van der Waals surface area contributed by atoms with E-state index in [1.54, 1.807) is 0 Å². The van der Waals surface area contributed by atoms with Crippen LogP contribution in [0.15, 0.2) is 4.79 Å². The van der Waals surface area contributed by atoms with Gasteiger partial charge in [0.1, 0.15) is 17.7 Å². The minimum Gasteiger partial charge on any atom is -0.385 e. The van der Waals surface area contributed by atoms with Crippen molar-refractivity contribution in [3.63, 3.8) is 0 Å². The molecular formula is C14H12ClF4N5O4. The molecule has 5 atom stereocenters. The van der Waals surface area contributed by atoms with E-state index in [2.05, 4.69) is 15.9 Å². The van der Waals surface area contributed by atoms with Gasteiger partial charge < -0.3 is 20.7 Å². The highest BCUT2D eigenvalue weighted by atomic mass is 35.5. The standard InChI is InChI=1S/C14H12ClF4N5O4/c1-2-3-23-5-9(15)21-12(20)22-10(5)24(13(23)27)11-6(25)4(16)7(28-11)8(26)14(17,18)19/h1,4,6-8,11,25-26H,3H2,(H2,20,21,22)/t4-,6-,7+,8?,11-/m1/s1. The first-order valence-electron chi connectivity index (χ1n) is 7.58. The van der Waals surface area contributed by atoms with Crippen molar-refractivity contribution in [1.29, 1.82) is 0 Å². The molecule has 1 aliphatic rings. The molecule has 1 aliphatic heterocycles. The van der Waals surface area contributed by atoms with E-state index in [1.807, 2.05) is 0 Å². The Kier molecular flexibility index (Phi) is 5.00. The smallest absolute Gasteiger partial charge is 0.385 e. The maximum Gasteiger partial charge on any atom is 0.417 e. The van der Waals surface area contributed by atoms with E-state index < -0.39 is 48.5 Å². The number of imidazole rings is 1. The zero-order valence-corrected chi connectivity index (χ0v) is 14.4. The number of hydrogen-bond acceptors (Lipinski definition) is 7. The Morgan fingerprint density at radius 2 is 2.07 bits per heavy atom. The lowest BCUT2D eigenvalue weighted by Gasteiger charge is -2.22. The summed E-state index contributed by atoms with van der Waals surface area (Å²) >= 11 is 5.96. The number of ether oxygens (including phenoxy) is 1. The predicted molar refractivity (Wildman–Crippen MR) is 86.9 cm³/mol. The summed E-state index contributed by atoms with van der Waals surface area (Å²) in [5, 5.41) is 19.1. The average molecular weight is 426 g/mol. The van der Waals surface area contributed by atoms with Gasteiger partial charge >= 0.3 is 11.9 Å². The van der Waals surface area contributed by atoms with E-state index in [0.717, 1.165) is 4.57 Å². The van der Waals surface area contributed by atoms with Crippen molar-refractivity contribution in [2.45, 2.75) is 43.4 Å². The summed E-state index contributed by atoms with van der Waals surface area (Å²) in [6.45, 7) is -0.341. The zero-order valence-electron chi connectivity index (χ0n) is 13.6. The number of halogens is 5. The number of fused-ring (bicyclic) bond motifs is 1. The largest absolute Gasteiger partial charge is 0.417 e. The SMILES string of the molecule is C#CCn1c(=O)n([C@@H]2O[C@H](C(O)C(F)(F)F)[C@H](F)[C@H]2O)c2nc(N)nc(Cl)c21. The van der Waals surface area contributed by atoms with Gasteiger partial charge in [0.25, 0.3) is 0 Å². The van der Waals surface area contributed by atoms with Gasteiger partial charge in [-0.3, -0.25) is 4.57 Å². The van der Waals surface area contributed by atoms with Gasteiger partial charge in [-0.1, -0.05) is 17.5 Å². The normalized spacial score (nSPS) is 26.5. The van der Waals surface area contributed by atoms with Crippen LogP contribution in [0.1, 0.15) is 6.23 Å². The molecule has 0 spiro atoms. The van der Waals surface area contributed by atoms with Crippen LogP contribution in [0, 0.1) is 12.3 Å². The molecule has 14 heteroatoms. The van der Waals surface area contributed by atoms with E-state index in [-0.39, 0.29) is 22.9 Å². The number of aliphatic hydroxyl groups is 2. The number of nitrogens with two attached hydrogens (primary N) is 1. The van der Waals surface area contributed by atoms with Crippen molar-refractivity contribution in [1.82, 2.24) is 19.1 Å². The molecule has 0 aromatic carbocycles. The van der Waals surface area contributed by atoms with Gasteiger partial charge in [0.15, 0.2) is 29.3 Å². The third-order valence-electron chi connectivity index (χ3n) is 4.15. The topological polar surface area (TPSA) is 128 Å². The van der Waals surface area contributed by atoms with Crippen molar-refractivity contribution in [2.75, 3.05) is 5.73 Å². The third kappa shape index (κ3) is 3.08. The van der Waals surface area contributed by atoms with Gasteiger partial charge in [0.05, 0.1) is 6.54 Å². The zero-order chi connectivity index (χ0) is 21.0. The van der Waals surface area contributed by atoms with Crippen molar-refractivity contribution in [3.8, 4) is 12.3 Å². The minimum absolute atomic E-state index is 0.134. The number of aliphatic hydroxyl groups excluding tert-OH is 2. The molecule has 3 heterocycles. The van der Waals surface area contributed by atoms with Crippen LogP contribution in [0.3, 0.4) is 0 Å². The maximum absolute atomic E-state index is 14.3. The number of rotatable bonds is 3. The van der Waals surface area contributed by atoms with Gasteiger partial charge in [0.2, 0.25) is 5.95 Å². The summed E-state index contributed by atoms with van der Waals surface area (Å²) in [7, 11) is 0. The Bertz CT molecular complexity index is 1020. The average Bonchev–Trinajstić information content (AvgIpc) is 3.02. The molecule has 2 aromatic rings. The molecule has 152 valence electrons. The summed E-state index contributed by atoms with van der Waals surface area (Å²) in [4.78, 5) is 20.2. The lowest BCUT2D eigenvalue weighted by Crippen LogP contribution is -2.44. The first kappa shape index (κ1) is 20.3. The summed E-state index contributed by atoms with van der Waals surface area (Å²) in [5.74, 6) is 1.77. The molecule has 4 N–H and O–H groups in total. The fourth-order valence-electron chi connectivity index (χ4n) is 2.93. The van der Waals surface area contributed by atoms with Crippen LogP contribution in [-0.4, -0.2) is 60.0 Å². The highest BCUT2D eigenvalue weighted by Crippen LogP contribution is 2.38. The van der Waals surface area contributed by atoms with Gasteiger partial charge in [-0.25, -0.2) is 13.8 Å². The minimum atomic E-state index is -5.22. The van der Waals surface area contributed by atoms with Crippen molar-refractivity contribution in [2.24, 2.45) is 0 Å². The molecule has 0 aliphatic carbocycles. The summed E-state index contributed by atoms with van der Waals surface area (Å²) in [6.07, 6.45) is -12.6. The van der Waals surface area contributed by atoms with Gasteiger partial charge in [0, 0.05) is 0 Å². The molecule has 0 radical (unpaired) electrons. The van der Waals surface area contributed by atoms with Crippen LogP contribution in [0.4, 0.5) is 23.5 Å². The lowest BCUT2D eigenvalue weighted by molar-refractivity contribution is -0.241. The Morgan fingerprint density at radius 3 is 2.64 bits per heavy atom.